The Labute approximate surface area is 125 Å². The number of fused-ring (bicyclic) bond motifs is 1. The lowest BCUT2D eigenvalue weighted by Crippen LogP contribution is -2.07. The average Bonchev–Trinajstić information content (AvgIpc) is 2.49. The summed E-state index contributed by atoms with van der Waals surface area (Å²) in [7, 11) is 0. The fourth-order valence-electron chi connectivity index (χ4n) is 2.82. The van der Waals surface area contributed by atoms with Gasteiger partial charge in [0.05, 0.1) is 0 Å². The minimum absolute atomic E-state index is 0.193. The van der Waals surface area contributed by atoms with Crippen LogP contribution < -0.4 is 0 Å². The van der Waals surface area contributed by atoms with Gasteiger partial charge in [-0.2, -0.15) is 0 Å². The fourth-order valence-corrected chi connectivity index (χ4v) is 2.82. The number of carbonyl (C=O) groups is 1. The zero-order chi connectivity index (χ0) is 14.8. The Kier molecular flexibility index (Phi) is 3.57. The van der Waals surface area contributed by atoms with E-state index in [0.717, 1.165) is 27.5 Å². The minimum Gasteiger partial charge on any atom is -0.294 e. The van der Waals surface area contributed by atoms with Gasteiger partial charge in [0.1, 0.15) is 0 Å². The summed E-state index contributed by atoms with van der Waals surface area (Å²) in [4.78, 5) is 12.8. The van der Waals surface area contributed by atoms with Crippen molar-refractivity contribution in [3.05, 3.63) is 82.9 Å². The summed E-state index contributed by atoms with van der Waals surface area (Å²) in [6, 6.07) is 20.3. The van der Waals surface area contributed by atoms with Crippen molar-refractivity contribution >= 4 is 16.6 Å². The van der Waals surface area contributed by atoms with Crippen LogP contribution in [0.4, 0.5) is 0 Å². The van der Waals surface area contributed by atoms with Gasteiger partial charge in [0.2, 0.25) is 0 Å². The first-order valence-corrected chi connectivity index (χ1v) is 7.23. The van der Waals surface area contributed by atoms with Gasteiger partial charge in [-0.25, -0.2) is 0 Å². The molecule has 0 aliphatic rings. The summed E-state index contributed by atoms with van der Waals surface area (Å²) in [5.74, 6) is 0.193. The molecule has 0 unspecified atom stereocenters. The van der Waals surface area contributed by atoms with Crippen LogP contribution in [0.5, 0.6) is 0 Å². The molecule has 0 aromatic heterocycles. The summed E-state index contributed by atoms with van der Waals surface area (Å²) in [6.45, 7) is 4.07. The van der Waals surface area contributed by atoms with Crippen molar-refractivity contribution in [3.8, 4) is 0 Å². The van der Waals surface area contributed by atoms with Gasteiger partial charge in [0.15, 0.2) is 5.78 Å². The van der Waals surface area contributed by atoms with Gasteiger partial charge >= 0.3 is 0 Å². The lowest BCUT2D eigenvalue weighted by atomic mass is 9.92. The third kappa shape index (κ3) is 2.59. The van der Waals surface area contributed by atoms with Gasteiger partial charge in [0.25, 0.3) is 0 Å². The maximum Gasteiger partial charge on any atom is 0.168 e. The topological polar surface area (TPSA) is 17.1 Å². The second kappa shape index (κ2) is 5.53. The minimum atomic E-state index is 0.193. The van der Waals surface area contributed by atoms with Crippen LogP contribution in [0, 0.1) is 13.8 Å². The molecular formula is C20H18O. The van der Waals surface area contributed by atoms with E-state index in [0.29, 0.717) is 6.42 Å². The van der Waals surface area contributed by atoms with Gasteiger partial charge in [-0.1, -0.05) is 60.7 Å². The lowest BCUT2D eigenvalue weighted by molar-refractivity contribution is 0.0994. The number of Topliss-reactive ketones (excluding diaryl/α,β-unsaturated/α-hetero) is 1. The smallest absolute Gasteiger partial charge is 0.168 e. The first kappa shape index (κ1) is 13.6. The number of hydrogen-bond acceptors (Lipinski definition) is 1. The van der Waals surface area contributed by atoms with E-state index in [9.17, 15) is 4.79 Å². The normalized spacial score (nSPS) is 10.8. The molecule has 1 heteroatoms. The molecule has 0 fully saturated rings. The molecule has 0 saturated heterocycles. The number of hydrogen-bond donors (Lipinski definition) is 0. The highest BCUT2D eigenvalue weighted by molar-refractivity contribution is 6.10. The molecular weight excluding hydrogens is 256 g/mol. The molecule has 0 amide bonds. The molecule has 0 N–H and O–H groups in total. The van der Waals surface area contributed by atoms with Crippen molar-refractivity contribution in [3.63, 3.8) is 0 Å². The maximum atomic E-state index is 12.8. The molecule has 0 saturated carbocycles. The van der Waals surface area contributed by atoms with Gasteiger partial charge in [0, 0.05) is 12.0 Å². The molecule has 3 aromatic carbocycles. The highest BCUT2D eigenvalue weighted by Gasteiger charge is 2.14. The number of aryl methyl sites for hydroxylation is 2. The summed E-state index contributed by atoms with van der Waals surface area (Å²) in [6.07, 6.45) is 0.460. The molecule has 104 valence electrons. The van der Waals surface area contributed by atoms with E-state index >= 15 is 0 Å². The number of carbonyl (C=O) groups excluding carboxylic acids is 1. The van der Waals surface area contributed by atoms with Crippen LogP contribution in [-0.4, -0.2) is 5.78 Å². The van der Waals surface area contributed by atoms with E-state index in [1.54, 1.807) is 0 Å². The molecule has 0 radical (unpaired) electrons. The average molecular weight is 274 g/mol. The monoisotopic (exact) mass is 274 g/mol. The van der Waals surface area contributed by atoms with Crippen LogP contribution in [0.15, 0.2) is 60.7 Å². The fraction of sp³-hybridized carbons (Fsp3) is 0.150. The highest BCUT2D eigenvalue weighted by atomic mass is 16.1. The zero-order valence-corrected chi connectivity index (χ0v) is 12.4. The van der Waals surface area contributed by atoms with Gasteiger partial charge in [-0.15, -0.1) is 0 Å². The van der Waals surface area contributed by atoms with Crippen LogP contribution in [-0.2, 0) is 6.42 Å². The third-order valence-corrected chi connectivity index (χ3v) is 4.03. The van der Waals surface area contributed by atoms with Crippen LogP contribution in [0.25, 0.3) is 10.8 Å². The van der Waals surface area contributed by atoms with E-state index in [4.69, 9.17) is 0 Å². The number of benzene rings is 3. The van der Waals surface area contributed by atoms with Gasteiger partial charge in [-0.05, 0) is 41.3 Å². The van der Waals surface area contributed by atoms with Gasteiger partial charge in [-0.3, -0.25) is 4.79 Å². The zero-order valence-electron chi connectivity index (χ0n) is 12.4. The van der Waals surface area contributed by atoms with E-state index in [1.807, 2.05) is 49.4 Å². The predicted octanol–water partition coefficient (Wildman–Crippen LogP) is 4.88. The molecule has 0 aliphatic heterocycles. The SMILES string of the molecule is Cc1ccccc1CC(=O)c1c(C)ccc2ccccc12. The van der Waals surface area contributed by atoms with E-state index < -0.39 is 0 Å². The Morgan fingerprint density at radius 3 is 2.33 bits per heavy atom. The van der Waals surface area contributed by atoms with Crippen molar-refractivity contribution in [2.45, 2.75) is 20.3 Å². The first-order valence-electron chi connectivity index (χ1n) is 7.23. The standard InChI is InChI=1S/C20H18O/c1-14-7-3-4-9-17(14)13-19(21)20-15(2)11-12-16-8-5-6-10-18(16)20/h3-12H,13H2,1-2H3. The Balaban J connectivity index is 2.06. The van der Waals surface area contributed by atoms with Crippen molar-refractivity contribution in [2.75, 3.05) is 0 Å². The first-order chi connectivity index (χ1) is 10.2. The van der Waals surface area contributed by atoms with Crippen LogP contribution in [0.1, 0.15) is 27.0 Å². The van der Waals surface area contributed by atoms with E-state index in [2.05, 4.69) is 25.1 Å². The Morgan fingerprint density at radius 1 is 0.810 bits per heavy atom. The quantitative estimate of drug-likeness (QED) is 0.622. The summed E-state index contributed by atoms with van der Waals surface area (Å²) in [5.41, 5.74) is 4.18. The summed E-state index contributed by atoms with van der Waals surface area (Å²) in [5, 5.41) is 2.17. The molecule has 0 aliphatic carbocycles. The maximum absolute atomic E-state index is 12.8. The molecule has 0 heterocycles. The van der Waals surface area contributed by atoms with Crippen LogP contribution >= 0.6 is 0 Å². The van der Waals surface area contributed by atoms with Crippen LogP contribution in [0.3, 0.4) is 0 Å². The number of ketones is 1. The molecule has 1 nitrogen and oxygen atoms in total. The molecule has 0 atom stereocenters. The molecule has 3 aromatic rings. The predicted molar refractivity (Wildman–Crippen MR) is 87.9 cm³/mol. The number of rotatable bonds is 3. The summed E-state index contributed by atoms with van der Waals surface area (Å²) < 4.78 is 0. The molecule has 21 heavy (non-hydrogen) atoms. The van der Waals surface area contributed by atoms with Crippen molar-refractivity contribution in [2.24, 2.45) is 0 Å². The molecule has 0 spiro atoms. The molecule has 0 bridgehead atoms. The summed E-state index contributed by atoms with van der Waals surface area (Å²) >= 11 is 0. The molecule has 3 rings (SSSR count). The van der Waals surface area contributed by atoms with Crippen LogP contribution in [0.2, 0.25) is 0 Å². The highest BCUT2D eigenvalue weighted by Crippen LogP contribution is 2.24. The van der Waals surface area contributed by atoms with Crippen molar-refractivity contribution in [1.82, 2.24) is 0 Å². The van der Waals surface area contributed by atoms with Crippen molar-refractivity contribution < 1.29 is 4.79 Å². The second-order valence-corrected chi connectivity index (χ2v) is 5.51. The lowest BCUT2D eigenvalue weighted by Gasteiger charge is -2.10. The second-order valence-electron chi connectivity index (χ2n) is 5.51. The largest absolute Gasteiger partial charge is 0.294 e. The van der Waals surface area contributed by atoms with Gasteiger partial charge < -0.3 is 0 Å². The Bertz CT molecular complexity index is 815. The Morgan fingerprint density at radius 2 is 1.52 bits per heavy atom. The third-order valence-electron chi connectivity index (χ3n) is 4.03. The van der Waals surface area contributed by atoms with Crippen molar-refractivity contribution in [1.29, 1.82) is 0 Å². The van der Waals surface area contributed by atoms with E-state index in [1.165, 1.54) is 5.56 Å². The Hall–Kier alpha value is -2.41. The van der Waals surface area contributed by atoms with E-state index in [-0.39, 0.29) is 5.78 Å².